The van der Waals surface area contributed by atoms with E-state index >= 15 is 0 Å². The fourth-order valence-electron chi connectivity index (χ4n) is 2.05. The SMILES string of the molecule is COC(=O)C(c1cc(C(C)C)ccc1OC)N(C)C. The molecule has 4 heteroatoms. The smallest absolute Gasteiger partial charge is 0.327 e. The van der Waals surface area contributed by atoms with E-state index in [0.717, 1.165) is 5.56 Å². The van der Waals surface area contributed by atoms with Gasteiger partial charge in [0.25, 0.3) is 0 Å². The molecule has 1 aromatic carbocycles. The van der Waals surface area contributed by atoms with Crippen LogP contribution in [0.1, 0.15) is 36.9 Å². The first-order valence-electron chi connectivity index (χ1n) is 6.34. The first-order valence-corrected chi connectivity index (χ1v) is 6.34. The lowest BCUT2D eigenvalue weighted by Gasteiger charge is -2.24. The number of hydrogen-bond donors (Lipinski definition) is 0. The highest BCUT2D eigenvalue weighted by molar-refractivity contribution is 5.78. The molecule has 0 spiro atoms. The Morgan fingerprint density at radius 3 is 2.26 bits per heavy atom. The highest BCUT2D eigenvalue weighted by atomic mass is 16.5. The summed E-state index contributed by atoms with van der Waals surface area (Å²) in [6.45, 7) is 4.24. The Kier molecular flexibility index (Phi) is 5.36. The maximum absolute atomic E-state index is 12.0. The molecule has 0 aliphatic carbocycles. The molecule has 0 N–H and O–H groups in total. The summed E-state index contributed by atoms with van der Waals surface area (Å²) in [5, 5.41) is 0. The van der Waals surface area contributed by atoms with E-state index in [2.05, 4.69) is 13.8 Å². The molecule has 1 rings (SSSR count). The number of ether oxygens (including phenoxy) is 2. The highest BCUT2D eigenvalue weighted by Gasteiger charge is 2.27. The zero-order valence-electron chi connectivity index (χ0n) is 12.6. The third-order valence-electron chi connectivity index (χ3n) is 3.16. The van der Waals surface area contributed by atoms with Gasteiger partial charge in [-0.25, -0.2) is 4.79 Å². The average molecular weight is 265 g/mol. The Balaban J connectivity index is 3.34. The number of benzene rings is 1. The van der Waals surface area contributed by atoms with Crippen LogP contribution in [0.5, 0.6) is 5.75 Å². The van der Waals surface area contributed by atoms with Crippen molar-refractivity contribution < 1.29 is 14.3 Å². The Morgan fingerprint density at radius 2 is 1.84 bits per heavy atom. The summed E-state index contributed by atoms with van der Waals surface area (Å²) in [4.78, 5) is 13.8. The number of likely N-dealkylation sites (N-methyl/N-ethyl adjacent to an activating group) is 1. The average Bonchev–Trinajstić information content (AvgIpc) is 2.38. The number of hydrogen-bond acceptors (Lipinski definition) is 4. The third-order valence-corrected chi connectivity index (χ3v) is 3.16. The molecule has 0 fully saturated rings. The van der Waals surface area contributed by atoms with Crippen LogP contribution in [0.4, 0.5) is 0 Å². The monoisotopic (exact) mass is 265 g/mol. The van der Waals surface area contributed by atoms with Crippen molar-refractivity contribution in [2.24, 2.45) is 0 Å². The number of carbonyl (C=O) groups is 1. The van der Waals surface area contributed by atoms with Crippen LogP contribution < -0.4 is 4.74 Å². The van der Waals surface area contributed by atoms with Gasteiger partial charge in [0, 0.05) is 5.56 Å². The summed E-state index contributed by atoms with van der Waals surface area (Å²) in [6, 6.07) is 5.49. The van der Waals surface area contributed by atoms with Gasteiger partial charge in [0.1, 0.15) is 11.8 Å². The minimum Gasteiger partial charge on any atom is -0.496 e. The second kappa shape index (κ2) is 6.57. The molecule has 1 atom stereocenters. The number of esters is 1. The van der Waals surface area contributed by atoms with Gasteiger partial charge in [-0.1, -0.05) is 19.9 Å². The summed E-state index contributed by atoms with van der Waals surface area (Å²) in [6.07, 6.45) is 0. The molecule has 0 heterocycles. The molecule has 0 aliphatic rings. The zero-order chi connectivity index (χ0) is 14.6. The molecule has 4 nitrogen and oxygen atoms in total. The Morgan fingerprint density at radius 1 is 1.21 bits per heavy atom. The van der Waals surface area contributed by atoms with Crippen LogP contribution in [0.2, 0.25) is 0 Å². The van der Waals surface area contributed by atoms with Crippen molar-refractivity contribution in [2.45, 2.75) is 25.8 Å². The largest absolute Gasteiger partial charge is 0.496 e. The minimum absolute atomic E-state index is 0.288. The molecule has 0 bridgehead atoms. The lowest BCUT2D eigenvalue weighted by atomic mass is 9.96. The predicted molar refractivity (Wildman–Crippen MR) is 75.5 cm³/mol. The fourth-order valence-corrected chi connectivity index (χ4v) is 2.05. The van der Waals surface area contributed by atoms with Gasteiger partial charge in [-0.3, -0.25) is 4.90 Å². The summed E-state index contributed by atoms with van der Waals surface area (Å²) in [5.74, 6) is 0.808. The standard InChI is InChI=1S/C15H23NO3/c1-10(2)11-7-8-13(18-5)12(9-11)14(16(3)4)15(17)19-6/h7-10,14H,1-6H3. The van der Waals surface area contributed by atoms with E-state index in [-0.39, 0.29) is 5.97 Å². The summed E-state index contributed by atoms with van der Waals surface area (Å²) in [7, 11) is 6.71. The van der Waals surface area contributed by atoms with Crippen LogP contribution in [0, 0.1) is 0 Å². The first-order chi connectivity index (χ1) is 8.92. The molecule has 0 radical (unpaired) electrons. The predicted octanol–water partition coefficient (Wildman–Crippen LogP) is 2.59. The highest BCUT2D eigenvalue weighted by Crippen LogP contribution is 2.32. The van der Waals surface area contributed by atoms with Crippen molar-refractivity contribution >= 4 is 5.97 Å². The molecule has 0 aliphatic heterocycles. The number of carbonyl (C=O) groups excluding carboxylic acids is 1. The van der Waals surface area contributed by atoms with Crippen molar-refractivity contribution in [2.75, 3.05) is 28.3 Å². The molecular formula is C15H23NO3. The van der Waals surface area contributed by atoms with Crippen molar-refractivity contribution in [3.63, 3.8) is 0 Å². The minimum atomic E-state index is -0.460. The normalized spacial score (nSPS) is 12.6. The molecule has 0 aromatic heterocycles. The molecule has 19 heavy (non-hydrogen) atoms. The molecule has 1 unspecified atom stereocenters. The molecule has 0 saturated heterocycles. The van der Waals surface area contributed by atoms with E-state index in [0.29, 0.717) is 11.7 Å². The van der Waals surface area contributed by atoms with E-state index in [4.69, 9.17) is 9.47 Å². The van der Waals surface area contributed by atoms with Crippen molar-refractivity contribution in [3.8, 4) is 5.75 Å². The van der Waals surface area contributed by atoms with Gasteiger partial charge in [-0.2, -0.15) is 0 Å². The number of nitrogens with zero attached hydrogens (tertiary/aromatic N) is 1. The van der Waals surface area contributed by atoms with Crippen LogP contribution in [-0.4, -0.2) is 39.2 Å². The van der Waals surface area contributed by atoms with Crippen molar-refractivity contribution in [3.05, 3.63) is 29.3 Å². The van der Waals surface area contributed by atoms with Gasteiger partial charge < -0.3 is 9.47 Å². The molecule has 0 saturated carbocycles. The topological polar surface area (TPSA) is 38.8 Å². The molecule has 0 amide bonds. The lowest BCUT2D eigenvalue weighted by Crippen LogP contribution is -2.29. The Labute approximate surface area is 115 Å². The zero-order valence-corrected chi connectivity index (χ0v) is 12.6. The van der Waals surface area contributed by atoms with Crippen LogP contribution in [0.15, 0.2) is 18.2 Å². The second-order valence-corrected chi connectivity index (χ2v) is 5.05. The summed E-state index contributed by atoms with van der Waals surface area (Å²) in [5.41, 5.74) is 2.01. The van der Waals surface area contributed by atoms with Crippen LogP contribution >= 0.6 is 0 Å². The second-order valence-electron chi connectivity index (χ2n) is 5.05. The molecular weight excluding hydrogens is 242 g/mol. The van der Waals surface area contributed by atoms with Gasteiger partial charge in [-0.15, -0.1) is 0 Å². The van der Waals surface area contributed by atoms with Gasteiger partial charge in [0.2, 0.25) is 0 Å². The molecule has 106 valence electrons. The molecule has 1 aromatic rings. The van der Waals surface area contributed by atoms with Crippen LogP contribution in [-0.2, 0) is 9.53 Å². The quantitative estimate of drug-likeness (QED) is 0.767. The van der Waals surface area contributed by atoms with E-state index in [1.54, 1.807) is 7.11 Å². The van der Waals surface area contributed by atoms with Crippen molar-refractivity contribution in [1.29, 1.82) is 0 Å². The van der Waals surface area contributed by atoms with E-state index < -0.39 is 6.04 Å². The Bertz CT molecular complexity index is 441. The van der Waals surface area contributed by atoms with E-state index in [1.165, 1.54) is 12.7 Å². The Hall–Kier alpha value is -1.55. The van der Waals surface area contributed by atoms with E-state index in [9.17, 15) is 4.79 Å². The van der Waals surface area contributed by atoms with Gasteiger partial charge in [-0.05, 0) is 37.7 Å². The maximum atomic E-state index is 12.0. The fraction of sp³-hybridized carbons (Fsp3) is 0.533. The lowest BCUT2D eigenvalue weighted by molar-refractivity contribution is -0.146. The van der Waals surface area contributed by atoms with Gasteiger partial charge >= 0.3 is 5.97 Å². The summed E-state index contributed by atoms with van der Waals surface area (Å²) >= 11 is 0. The van der Waals surface area contributed by atoms with Crippen LogP contribution in [0.25, 0.3) is 0 Å². The first kappa shape index (κ1) is 15.5. The number of methoxy groups -OCH3 is 2. The van der Waals surface area contributed by atoms with E-state index in [1.807, 2.05) is 37.2 Å². The maximum Gasteiger partial charge on any atom is 0.327 e. The van der Waals surface area contributed by atoms with Gasteiger partial charge in [0.05, 0.1) is 14.2 Å². The van der Waals surface area contributed by atoms with Crippen molar-refractivity contribution in [1.82, 2.24) is 4.90 Å². The summed E-state index contributed by atoms with van der Waals surface area (Å²) < 4.78 is 10.3. The third kappa shape index (κ3) is 3.47. The van der Waals surface area contributed by atoms with Gasteiger partial charge in [0.15, 0.2) is 0 Å². The van der Waals surface area contributed by atoms with Crippen LogP contribution in [0.3, 0.4) is 0 Å². The number of rotatable bonds is 5.